The first-order valence-electron chi connectivity index (χ1n) is 8.54. The Hall–Kier alpha value is -2.13. The summed E-state index contributed by atoms with van der Waals surface area (Å²) in [7, 11) is 4.13. The molecule has 0 unspecified atom stereocenters. The van der Waals surface area contributed by atoms with Crippen molar-refractivity contribution in [3.05, 3.63) is 65.2 Å². The van der Waals surface area contributed by atoms with E-state index < -0.39 is 0 Å². The van der Waals surface area contributed by atoms with Gasteiger partial charge in [-0.05, 0) is 57.6 Å². The highest BCUT2D eigenvalue weighted by molar-refractivity contribution is 5.96. The Labute approximate surface area is 145 Å². The number of nitrogens with zero attached hydrogens (tertiary/aromatic N) is 2. The molecule has 0 aromatic heterocycles. The number of para-hydroxylation sites is 1. The van der Waals surface area contributed by atoms with Crippen LogP contribution < -0.4 is 4.90 Å². The van der Waals surface area contributed by atoms with Gasteiger partial charge in [-0.2, -0.15) is 0 Å². The highest BCUT2D eigenvalue weighted by Crippen LogP contribution is 2.25. The first kappa shape index (κ1) is 18.2. The number of carbonyl (C=O) groups excluding carboxylic acids is 1. The average Bonchev–Trinajstić information content (AvgIpc) is 2.53. The number of hydrogen-bond donors (Lipinski definition) is 0. The standard InChI is InChI=1S/C21H28N2O/c1-17-10-8-11-18(2)21(17)23(15-9-14-22(3)4)20(24)16-19-12-6-5-7-13-19/h5-8,10-13H,9,14-16H2,1-4H3. The van der Waals surface area contributed by atoms with E-state index in [-0.39, 0.29) is 5.91 Å². The molecule has 128 valence electrons. The minimum absolute atomic E-state index is 0.164. The molecular weight excluding hydrogens is 296 g/mol. The molecule has 0 aliphatic rings. The zero-order valence-corrected chi connectivity index (χ0v) is 15.2. The summed E-state index contributed by atoms with van der Waals surface area (Å²) in [4.78, 5) is 17.1. The summed E-state index contributed by atoms with van der Waals surface area (Å²) < 4.78 is 0. The zero-order valence-electron chi connectivity index (χ0n) is 15.2. The Kier molecular flexibility index (Phi) is 6.56. The van der Waals surface area contributed by atoms with Crippen LogP contribution >= 0.6 is 0 Å². The van der Waals surface area contributed by atoms with Crippen LogP contribution in [-0.2, 0) is 11.2 Å². The summed E-state index contributed by atoms with van der Waals surface area (Å²) in [5, 5.41) is 0. The lowest BCUT2D eigenvalue weighted by Crippen LogP contribution is -2.35. The van der Waals surface area contributed by atoms with E-state index in [0.29, 0.717) is 6.42 Å². The first-order valence-corrected chi connectivity index (χ1v) is 8.54. The maximum Gasteiger partial charge on any atom is 0.231 e. The van der Waals surface area contributed by atoms with Gasteiger partial charge in [-0.3, -0.25) is 4.79 Å². The van der Waals surface area contributed by atoms with Crippen molar-refractivity contribution in [2.45, 2.75) is 26.7 Å². The number of hydrogen-bond acceptors (Lipinski definition) is 2. The van der Waals surface area contributed by atoms with E-state index in [2.05, 4.69) is 45.0 Å². The van der Waals surface area contributed by atoms with Crippen LogP contribution in [0.5, 0.6) is 0 Å². The van der Waals surface area contributed by atoms with E-state index in [9.17, 15) is 4.79 Å². The summed E-state index contributed by atoms with van der Waals surface area (Å²) in [6, 6.07) is 16.2. The van der Waals surface area contributed by atoms with Crippen molar-refractivity contribution in [3.63, 3.8) is 0 Å². The van der Waals surface area contributed by atoms with Crippen LogP contribution in [0.1, 0.15) is 23.1 Å². The SMILES string of the molecule is Cc1cccc(C)c1N(CCCN(C)C)C(=O)Cc1ccccc1. The van der Waals surface area contributed by atoms with E-state index in [1.165, 1.54) is 0 Å². The quantitative estimate of drug-likeness (QED) is 0.773. The van der Waals surface area contributed by atoms with Gasteiger partial charge in [-0.25, -0.2) is 0 Å². The van der Waals surface area contributed by atoms with Crippen LogP contribution in [0.4, 0.5) is 5.69 Å². The normalized spacial score (nSPS) is 10.9. The number of rotatable bonds is 7. The Morgan fingerprint density at radius 1 is 0.875 bits per heavy atom. The Morgan fingerprint density at radius 2 is 1.50 bits per heavy atom. The fourth-order valence-electron chi connectivity index (χ4n) is 3.00. The molecule has 0 radical (unpaired) electrons. The van der Waals surface area contributed by atoms with E-state index in [0.717, 1.165) is 41.9 Å². The molecule has 0 bridgehead atoms. The van der Waals surface area contributed by atoms with Crippen LogP contribution in [-0.4, -0.2) is 38.0 Å². The lowest BCUT2D eigenvalue weighted by Gasteiger charge is -2.27. The molecule has 3 heteroatoms. The molecular formula is C21H28N2O. The van der Waals surface area contributed by atoms with E-state index >= 15 is 0 Å². The molecule has 0 atom stereocenters. The highest BCUT2D eigenvalue weighted by Gasteiger charge is 2.19. The molecule has 0 N–H and O–H groups in total. The molecule has 0 heterocycles. The Bertz CT molecular complexity index is 645. The molecule has 3 nitrogen and oxygen atoms in total. The second kappa shape index (κ2) is 8.65. The smallest absolute Gasteiger partial charge is 0.231 e. The number of amides is 1. The van der Waals surface area contributed by atoms with Crippen molar-refractivity contribution in [1.82, 2.24) is 4.90 Å². The van der Waals surface area contributed by atoms with Crippen LogP contribution in [0.2, 0.25) is 0 Å². The number of carbonyl (C=O) groups is 1. The summed E-state index contributed by atoms with van der Waals surface area (Å²) in [6.45, 7) is 5.88. The van der Waals surface area contributed by atoms with Gasteiger partial charge in [0.1, 0.15) is 0 Å². The van der Waals surface area contributed by atoms with E-state index in [1.54, 1.807) is 0 Å². The number of anilines is 1. The second-order valence-corrected chi connectivity index (χ2v) is 6.60. The minimum atomic E-state index is 0.164. The van der Waals surface area contributed by atoms with Crippen molar-refractivity contribution in [3.8, 4) is 0 Å². The first-order chi connectivity index (χ1) is 11.5. The number of aryl methyl sites for hydroxylation is 2. The van der Waals surface area contributed by atoms with Crippen LogP contribution in [0.25, 0.3) is 0 Å². The summed E-state index contributed by atoms with van der Waals surface area (Å²) in [5.74, 6) is 0.164. The van der Waals surface area contributed by atoms with Gasteiger partial charge in [0.25, 0.3) is 0 Å². The van der Waals surface area contributed by atoms with Gasteiger partial charge in [0.05, 0.1) is 6.42 Å². The third kappa shape index (κ3) is 4.93. The average molecular weight is 324 g/mol. The van der Waals surface area contributed by atoms with Gasteiger partial charge < -0.3 is 9.80 Å². The third-order valence-electron chi connectivity index (χ3n) is 4.20. The monoisotopic (exact) mass is 324 g/mol. The summed E-state index contributed by atoms with van der Waals surface area (Å²) in [5.41, 5.74) is 4.44. The minimum Gasteiger partial charge on any atom is -0.312 e. The van der Waals surface area contributed by atoms with Crippen LogP contribution in [0, 0.1) is 13.8 Å². The molecule has 2 aromatic rings. The molecule has 0 aliphatic heterocycles. The van der Waals surface area contributed by atoms with Crippen molar-refractivity contribution < 1.29 is 4.79 Å². The largest absolute Gasteiger partial charge is 0.312 e. The number of benzene rings is 2. The highest BCUT2D eigenvalue weighted by atomic mass is 16.2. The van der Waals surface area contributed by atoms with E-state index in [1.807, 2.05) is 41.3 Å². The predicted molar refractivity (Wildman–Crippen MR) is 102 cm³/mol. The van der Waals surface area contributed by atoms with Crippen LogP contribution in [0.15, 0.2) is 48.5 Å². The molecule has 0 aliphatic carbocycles. The van der Waals surface area contributed by atoms with Gasteiger partial charge >= 0.3 is 0 Å². The second-order valence-electron chi connectivity index (χ2n) is 6.60. The Morgan fingerprint density at radius 3 is 2.08 bits per heavy atom. The third-order valence-corrected chi connectivity index (χ3v) is 4.20. The van der Waals surface area contributed by atoms with Gasteiger partial charge in [0, 0.05) is 12.2 Å². The fraction of sp³-hybridized carbons (Fsp3) is 0.381. The molecule has 0 saturated carbocycles. The van der Waals surface area contributed by atoms with Crippen molar-refractivity contribution in [2.75, 3.05) is 32.1 Å². The lowest BCUT2D eigenvalue weighted by molar-refractivity contribution is -0.118. The Balaban J connectivity index is 2.23. The molecule has 0 saturated heterocycles. The van der Waals surface area contributed by atoms with E-state index in [4.69, 9.17) is 0 Å². The fourth-order valence-corrected chi connectivity index (χ4v) is 3.00. The summed E-state index contributed by atoms with van der Waals surface area (Å²) >= 11 is 0. The molecule has 2 aromatic carbocycles. The lowest BCUT2D eigenvalue weighted by atomic mass is 10.1. The zero-order chi connectivity index (χ0) is 17.5. The molecule has 1 amide bonds. The van der Waals surface area contributed by atoms with Gasteiger partial charge in [0.2, 0.25) is 5.91 Å². The van der Waals surface area contributed by atoms with Gasteiger partial charge in [-0.15, -0.1) is 0 Å². The van der Waals surface area contributed by atoms with Crippen molar-refractivity contribution in [1.29, 1.82) is 0 Å². The molecule has 0 fully saturated rings. The maximum absolute atomic E-state index is 13.0. The van der Waals surface area contributed by atoms with Crippen molar-refractivity contribution >= 4 is 11.6 Å². The predicted octanol–water partition coefficient (Wildman–Crippen LogP) is 3.83. The molecule has 24 heavy (non-hydrogen) atoms. The van der Waals surface area contributed by atoms with Gasteiger partial charge in [-0.1, -0.05) is 48.5 Å². The summed E-state index contributed by atoms with van der Waals surface area (Å²) in [6.07, 6.45) is 1.40. The molecule has 2 rings (SSSR count). The molecule has 0 spiro atoms. The maximum atomic E-state index is 13.0. The topological polar surface area (TPSA) is 23.6 Å². The van der Waals surface area contributed by atoms with Crippen molar-refractivity contribution in [2.24, 2.45) is 0 Å². The van der Waals surface area contributed by atoms with Crippen LogP contribution in [0.3, 0.4) is 0 Å². The van der Waals surface area contributed by atoms with Gasteiger partial charge in [0.15, 0.2) is 0 Å².